The summed E-state index contributed by atoms with van der Waals surface area (Å²) in [6.07, 6.45) is 0. The number of ether oxygens (including phenoxy) is 1. The minimum absolute atomic E-state index is 0.271. The van der Waals surface area contributed by atoms with E-state index in [2.05, 4.69) is 44.3 Å². The van der Waals surface area contributed by atoms with Gasteiger partial charge < -0.3 is 10.1 Å². The molecule has 0 aliphatic carbocycles. The van der Waals surface area contributed by atoms with Gasteiger partial charge in [-0.05, 0) is 45.0 Å². The van der Waals surface area contributed by atoms with Gasteiger partial charge in [-0.15, -0.1) is 11.3 Å². The summed E-state index contributed by atoms with van der Waals surface area (Å²) in [5, 5.41) is 3.52. The Morgan fingerprint density at radius 1 is 1.15 bits per heavy atom. The first-order chi connectivity index (χ1) is 9.54. The average molecular weight is 310 g/mol. The quantitative estimate of drug-likeness (QED) is 0.825. The third-order valence-corrected chi connectivity index (χ3v) is 4.49. The maximum atomic E-state index is 5.96. The molecule has 0 spiro atoms. The first kappa shape index (κ1) is 15.4. The van der Waals surface area contributed by atoms with Crippen LogP contribution in [0.25, 0.3) is 0 Å². The van der Waals surface area contributed by atoms with Gasteiger partial charge in [0.05, 0.1) is 4.34 Å². The van der Waals surface area contributed by atoms with Gasteiger partial charge in [0, 0.05) is 17.0 Å². The summed E-state index contributed by atoms with van der Waals surface area (Å²) in [7, 11) is 0. The molecule has 2 aromatic rings. The zero-order valence-corrected chi connectivity index (χ0v) is 13.6. The van der Waals surface area contributed by atoms with Crippen LogP contribution in [0.15, 0.2) is 36.4 Å². The normalized spacial score (nSPS) is 14.0. The van der Waals surface area contributed by atoms with Crippen LogP contribution in [0.5, 0.6) is 5.75 Å². The Kier molecular flexibility index (Phi) is 5.46. The molecular weight excluding hydrogens is 290 g/mol. The molecule has 4 heteroatoms. The van der Waals surface area contributed by atoms with Gasteiger partial charge in [0.15, 0.2) is 0 Å². The molecule has 0 radical (unpaired) electrons. The Morgan fingerprint density at radius 2 is 1.85 bits per heavy atom. The van der Waals surface area contributed by atoms with Crippen LogP contribution in [-0.4, -0.2) is 12.6 Å². The van der Waals surface area contributed by atoms with E-state index in [0.29, 0.717) is 6.61 Å². The molecule has 0 amide bonds. The molecule has 1 aromatic heterocycles. The highest BCUT2D eigenvalue weighted by molar-refractivity contribution is 7.16. The fraction of sp³-hybridized carbons (Fsp3) is 0.375. The number of hydrogen-bond acceptors (Lipinski definition) is 3. The number of hydrogen-bond donors (Lipinski definition) is 1. The van der Waals surface area contributed by atoms with Gasteiger partial charge in [-0.2, -0.15) is 0 Å². The maximum Gasteiger partial charge on any atom is 0.119 e. The zero-order valence-electron chi connectivity index (χ0n) is 12.0. The predicted molar refractivity (Wildman–Crippen MR) is 87.0 cm³/mol. The molecule has 0 bridgehead atoms. The van der Waals surface area contributed by atoms with E-state index in [1.807, 2.05) is 18.2 Å². The molecule has 2 rings (SSSR count). The fourth-order valence-corrected chi connectivity index (χ4v) is 3.05. The summed E-state index contributed by atoms with van der Waals surface area (Å²) >= 11 is 7.58. The van der Waals surface area contributed by atoms with Crippen LogP contribution in [-0.2, 0) is 0 Å². The minimum Gasteiger partial charge on any atom is -0.492 e. The molecule has 1 heterocycles. The third-order valence-electron chi connectivity index (χ3n) is 3.08. The topological polar surface area (TPSA) is 21.3 Å². The van der Waals surface area contributed by atoms with Crippen LogP contribution in [0.1, 0.15) is 30.3 Å². The first-order valence-electron chi connectivity index (χ1n) is 6.75. The fourth-order valence-electron chi connectivity index (χ4n) is 1.97. The summed E-state index contributed by atoms with van der Waals surface area (Å²) < 4.78 is 6.61. The number of rotatable bonds is 6. The van der Waals surface area contributed by atoms with Gasteiger partial charge in [0.25, 0.3) is 0 Å². The van der Waals surface area contributed by atoms with E-state index in [0.717, 1.165) is 10.1 Å². The summed E-state index contributed by atoms with van der Waals surface area (Å²) in [5.41, 5.74) is 1.24. The Bertz CT molecular complexity index is 538. The number of nitrogens with one attached hydrogen (secondary N) is 1. The lowest BCUT2D eigenvalue weighted by molar-refractivity contribution is 0.264. The van der Waals surface area contributed by atoms with Crippen molar-refractivity contribution in [1.29, 1.82) is 0 Å². The second-order valence-electron chi connectivity index (χ2n) is 5.06. The molecule has 2 atom stereocenters. The standard InChI is InChI=1S/C16H20ClNOS/c1-11-4-6-14(7-5-11)19-10-12(2)18-13(3)15-8-9-16(17)20-15/h4-9,12-13,18H,10H2,1-3H3. The molecule has 0 fully saturated rings. The van der Waals surface area contributed by atoms with Gasteiger partial charge in [0.2, 0.25) is 0 Å². The van der Waals surface area contributed by atoms with Crippen molar-refractivity contribution >= 4 is 22.9 Å². The lowest BCUT2D eigenvalue weighted by Crippen LogP contribution is -2.33. The van der Waals surface area contributed by atoms with Gasteiger partial charge in [0.1, 0.15) is 12.4 Å². The monoisotopic (exact) mass is 309 g/mol. The summed E-state index contributed by atoms with van der Waals surface area (Å²) in [4.78, 5) is 1.25. The number of halogens is 1. The molecule has 0 saturated heterocycles. The highest BCUT2D eigenvalue weighted by Crippen LogP contribution is 2.26. The van der Waals surface area contributed by atoms with Gasteiger partial charge in [-0.25, -0.2) is 0 Å². The zero-order chi connectivity index (χ0) is 14.5. The van der Waals surface area contributed by atoms with Crippen molar-refractivity contribution < 1.29 is 4.74 Å². The van der Waals surface area contributed by atoms with E-state index >= 15 is 0 Å². The highest BCUT2D eigenvalue weighted by atomic mass is 35.5. The molecule has 20 heavy (non-hydrogen) atoms. The van der Waals surface area contributed by atoms with Crippen LogP contribution < -0.4 is 10.1 Å². The van der Waals surface area contributed by atoms with Crippen molar-refractivity contribution in [3.05, 3.63) is 51.2 Å². The van der Waals surface area contributed by atoms with E-state index in [-0.39, 0.29) is 12.1 Å². The first-order valence-corrected chi connectivity index (χ1v) is 7.95. The molecule has 0 saturated carbocycles. The smallest absolute Gasteiger partial charge is 0.119 e. The molecule has 1 aromatic carbocycles. The molecule has 108 valence electrons. The lowest BCUT2D eigenvalue weighted by Gasteiger charge is -2.19. The van der Waals surface area contributed by atoms with Crippen LogP contribution >= 0.6 is 22.9 Å². The SMILES string of the molecule is Cc1ccc(OCC(C)NC(C)c2ccc(Cl)s2)cc1. The van der Waals surface area contributed by atoms with Crippen molar-refractivity contribution in [2.45, 2.75) is 32.9 Å². The number of aryl methyl sites for hydroxylation is 1. The number of benzene rings is 1. The van der Waals surface area contributed by atoms with Gasteiger partial charge in [-0.1, -0.05) is 29.3 Å². The van der Waals surface area contributed by atoms with Gasteiger partial charge >= 0.3 is 0 Å². The summed E-state index contributed by atoms with van der Waals surface area (Å²) in [6, 6.07) is 12.7. The lowest BCUT2D eigenvalue weighted by atomic mass is 10.2. The summed E-state index contributed by atoms with van der Waals surface area (Å²) in [5.74, 6) is 0.913. The molecular formula is C16H20ClNOS. The van der Waals surface area contributed by atoms with E-state index in [9.17, 15) is 0 Å². The molecule has 0 aliphatic heterocycles. The minimum atomic E-state index is 0.271. The van der Waals surface area contributed by atoms with Crippen LogP contribution in [0.2, 0.25) is 4.34 Å². The van der Waals surface area contributed by atoms with E-state index in [1.54, 1.807) is 11.3 Å². The third kappa shape index (κ3) is 4.51. The Morgan fingerprint density at radius 3 is 2.45 bits per heavy atom. The number of thiophene rings is 1. The second-order valence-corrected chi connectivity index (χ2v) is 6.80. The Hall–Kier alpha value is -1.03. The van der Waals surface area contributed by atoms with Crippen molar-refractivity contribution in [1.82, 2.24) is 5.32 Å². The van der Waals surface area contributed by atoms with Crippen molar-refractivity contribution in [3.8, 4) is 5.75 Å². The van der Waals surface area contributed by atoms with Crippen molar-refractivity contribution in [3.63, 3.8) is 0 Å². The molecule has 2 nitrogen and oxygen atoms in total. The highest BCUT2D eigenvalue weighted by Gasteiger charge is 2.12. The van der Waals surface area contributed by atoms with Gasteiger partial charge in [-0.3, -0.25) is 0 Å². The van der Waals surface area contributed by atoms with Crippen molar-refractivity contribution in [2.24, 2.45) is 0 Å². The van der Waals surface area contributed by atoms with Crippen LogP contribution in [0.3, 0.4) is 0 Å². The van der Waals surface area contributed by atoms with E-state index in [4.69, 9.17) is 16.3 Å². The van der Waals surface area contributed by atoms with E-state index in [1.165, 1.54) is 10.4 Å². The van der Waals surface area contributed by atoms with E-state index < -0.39 is 0 Å². The van der Waals surface area contributed by atoms with Crippen LogP contribution in [0.4, 0.5) is 0 Å². The second kappa shape index (κ2) is 7.11. The van der Waals surface area contributed by atoms with Crippen LogP contribution in [0, 0.1) is 6.92 Å². The maximum absolute atomic E-state index is 5.96. The predicted octanol–water partition coefficient (Wildman–Crippen LogP) is 4.83. The summed E-state index contributed by atoms with van der Waals surface area (Å²) in [6.45, 7) is 6.98. The Balaban J connectivity index is 1.80. The molecule has 1 N–H and O–H groups in total. The average Bonchev–Trinajstić information content (AvgIpc) is 2.85. The van der Waals surface area contributed by atoms with Crippen molar-refractivity contribution in [2.75, 3.05) is 6.61 Å². The Labute approximate surface area is 129 Å². The molecule has 2 unspecified atom stereocenters. The largest absolute Gasteiger partial charge is 0.492 e. The molecule has 0 aliphatic rings.